The molecule has 0 aliphatic heterocycles. The van der Waals surface area contributed by atoms with E-state index in [4.69, 9.17) is 0 Å². The lowest BCUT2D eigenvalue weighted by atomic mass is 9.88. The average molecular weight is 497 g/mol. The van der Waals surface area contributed by atoms with Crippen LogP contribution in [0.15, 0.2) is 121 Å². The second-order valence-electron chi connectivity index (χ2n) is 9.43. The minimum Gasteiger partial charge on any atom is -1.00 e. The van der Waals surface area contributed by atoms with E-state index in [-0.39, 0.29) is 12.4 Å². The molecule has 0 N–H and O–H groups in total. The van der Waals surface area contributed by atoms with Crippen LogP contribution in [0.3, 0.4) is 0 Å². The number of benzene rings is 4. The molecule has 2 heteroatoms. The molecular formula is C33H34ClP. The van der Waals surface area contributed by atoms with Gasteiger partial charge >= 0.3 is 0 Å². The molecule has 178 valence electrons. The summed E-state index contributed by atoms with van der Waals surface area (Å²) in [5.74, 6) is 0.735. The summed E-state index contributed by atoms with van der Waals surface area (Å²) in [6, 6.07) is 42.7. The predicted molar refractivity (Wildman–Crippen MR) is 151 cm³/mol. The molecule has 0 amide bonds. The normalized spacial score (nSPS) is 14.5. The molecule has 1 aliphatic rings. The van der Waals surface area contributed by atoms with Crippen molar-refractivity contribution in [3.05, 3.63) is 132 Å². The van der Waals surface area contributed by atoms with Gasteiger partial charge in [-0.15, -0.1) is 0 Å². The van der Waals surface area contributed by atoms with E-state index in [2.05, 4.69) is 127 Å². The minimum atomic E-state index is -1.89. The third-order valence-electron chi connectivity index (χ3n) is 7.25. The molecule has 0 saturated heterocycles. The van der Waals surface area contributed by atoms with Crippen molar-refractivity contribution in [2.24, 2.45) is 5.92 Å². The van der Waals surface area contributed by atoms with E-state index in [0.29, 0.717) is 0 Å². The summed E-state index contributed by atoms with van der Waals surface area (Å²) in [6.45, 7) is 0. The molecule has 4 aromatic rings. The predicted octanol–water partition coefficient (Wildman–Crippen LogP) is 4.78. The van der Waals surface area contributed by atoms with Crippen molar-refractivity contribution < 1.29 is 12.4 Å². The molecule has 1 aliphatic carbocycles. The summed E-state index contributed by atoms with van der Waals surface area (Å²) >= 11 is 0. The molecule has 0 bridgehead atoms. The third-order valence-corrected chi connectivity index (χ3v) is 11.6. The van der Waals surface area contributed by atoms with E-state index in [1.54, 1.807) is 0 Å². The fourth-order valence-electron chi connectivity index (χ4n) is 5.43. The first kappa shape index (κ1) is 25.4. The van der Waals surface area contributed by atoms with Crippen LogP contribution in [0.25, 0.3) is 6.08 Å². The Morgan fingerprint density at radius 2 is 1.03 bits per heavy atom. The number of rotatable bonds is 7. The fraction of sp³-hybridized carbons (Fsp3) is 0.212. The summed E-state index contributed by atoms with van der Waals surface area (Å²) in [5.41, 5.74) is 2.82. The Labute approximate surface area is 217 Å². The smallest absolute Gasteiger partial charge is 0.116 e. The Kier molecular flexibility index (Phi) is 8.97. The van der Waals surface area contributed by atoms with Crippen molar-refractivity contribution in [1.29, 1.82) is 0 Å². The molecule has 0 heterocycles. The maximum Gasteiger partial charge on any atom is 0.116 e. The molecule has 1 saturated carbocycles. The fourth-order valence-corrected chi connectivity index (χ4v) is 9.72. The largest absolute Gasteiger partial charge is 1.00 e. The van der Waals surface area contributed by atoms with Crippen molar-refractivity contribution in [3.8, 4) is 0 Å². The standard InChI is InChI=1S/C33H34P.ClH/c1-5-15-28(16-6-1)25-26-29-17-13-14-18-30(29)27-34(31-19-7-2-8-20-31,32-21-9-3-10-22-32)33-23-11-4-12-24-33;/h2-4,7-14,17-26,28H,1,5-6,15-16,27H2;1H/q+1;/p-1. The van der Waals surface area contributed by atoms with Gasteiger partial charge in [0.05, 0.1) is 6.16 Å². The highest BCUT2D eigenvalue weighted by atomic mass is 35.5. The summed E-state index contributed by atoms with van der Waals surface area (Å²) in [4.78, 5) is 0. The van der Waals surface area contributed by atoms with Gasteiger partial charge < -0.3 is 12.4 Å². The maximum atomic E-state index is 2.49. The van der Waals surface area contributed by atoms with Crippen LogP contribution in [0.4, 0.5) is 0 Å². The number of hydrogen-bond acceptors (Lipinski definition) is 0. The summed E-state index contributed by atoms with van der Waals surface area (Å²) in [6.07, 6.45) is 12.8. The van der Waals surface area contributed by atoms with Crippen LogP contribution in [0.2, 0.25) is 0 Å². The van der Waals surface area contributed by atoms with Gasteiger partial charge in [-0.25, -0.2) is 0 Å². The van der Waals surface area contributed by atoms with Gasteiger partial charge in [-0.05, 0) is 66.3 Å². The lowest BCUT2D eigenvalue weighted by Gasteiger charge is -2.28. The molecular weight excluding hydrogens is 463 g/mol. The quantitative estimate of drug-likeness (QED) is 0.323. The van der Waals surface area contributed by atoms with Gasteiger partial charge in [0.25, 0.3) is 0 Å². The van der Waals surface area contributed by atoms with Gasteiger partial charge in [-0.1, -0.05) is 110 Å². The zero-order valence-corrected chi connectivity index (χ0v) is 21.9. The Hall–Kier alpha value is -2.66. The van der Waals surface area contributed by atoms with Crippen molar-refractivity contribution in [3.63, 3.8) is 0 Å². The van der Waals surface area contributed by atoms with Crippen molar-refractivity contribution in [2.75, 3.05) is 0 Å². The SMILES string of the molecule is C(=CC1CCCCC1)c1ccccc1C[P+](c1ccccc1)(c1ccccc1)c1ccccc1.[Cl-]. The first-order valence-corrected chi connectivity index (χ1v) is 14.6. The Balaban J connectivity index is 0.00000289. The molecule has 4 aromatic carbocycles. The van der Waals surface area contributed by atoms with Gasteiger partial charge in [0.15, 0.2) is 0 Å². The maximum absolute atomic E-state index is 2.49. The topological polar surface area (TPSA) is 0 Å². The number of allylic oxidation sites excluding steroid dienone is 1. The Bertz CT molecular complexity index is 1100. The Morgan fingerprint density at radius 1 is 0.571 bits per heavy atom. The highest BCUT2D eigenvalue weighted by molar-refractivity contribution is 7.95. The number of hydrogen-bond donors (Lipinski definition) is 0. The van der Waals surface area contributed by atoms with E-state index in [9.17, 15) is 0 Å². The summed E-state index contributed by atoms with van der Waals surface area (Å²) in [7, 11) is -1.89. The van der Waals surface area contributed by atoms with Crippen LogP contribution in [0.1, 0.15) is 43.2 Å². The highest BCUT2D eigenvalue weighted by Gasteiger charge is 2.45. The molecule has 0 radical (unpaired) electrons. The molecule has 35 heavy (non-hydrogen) atoms. The van der Waals surface area contributed by atoms with Crippen molar-refractivity contribution >= 4 is 29.3 Å². The van der Waals surface area contributed by atoms with E-state index in [1.807, 2.05) is 0 Å². The Morgan fingerprint density at radius 3 is 1.54 bits per heavy atom. The highest BCUT2D eigenvalue weighted by Crippen LogP contribution is 2.58. The molecule has 0 nitrogen and oxygen atoms in total. The van der Waals surface area contributed by atoms with Crippen LogP contribution in [0, 0.1) is 5.92 Å². The zero-order chi connectivity index (χ0) is 23.1. The molecule has 0 aromatic heterocycles. The summed E-state index contributed by atoms with van der Waals surface area (Å²) in [5, 5.41) is 4.33. The monoisotopic (exact) mass is 496 g/mol. The summed E-state index contributed by atoms with van der Waals surface area (Å²) < 4.78 is 0. The lowest BCUT2D eigenvalue weighted by Crippen LogP contribution is -3.00. The first-order chi connectivity index (χ1) is 16.9. The minimum absolute atomic E-state index is 0. The molecule has 0 spiro atoms. The molecule has 0 unspecified atom stereocenters. The van der Waals surface area contributed by atoms with E-state index < -0.39 is 7.26 Å². The van der Waals surface area contributed by atoms with E-state index in [0.717, 1.165) is 12.1 Å². The van der Waals surface area contributed by atoms with Gasteiger partial charge in [-0.3, -0.25) is 0 Å². The average Bonchev–Trinajstić information content (AvgIpc) is 2.93. The number of halogens is 1. The van der Waals surface area contributed by atoms with Crippen molar-refractivity contribution in [1.82, 2.24) is 0 Å². The van der Waals surface area contributed by atoms with E-state index in [1.165, 1.54) is 59.1 Å². The van der Waals surface area contributed by atoms with E-state index >= 15 is 0 Å². The second kappa shape index (κ2) is 12.3. The van der Waals surface area contributed by atoms with Gasteiger partial charge in [0.1, 0.15) is 23.2 Å². The van der Waals surface area contributed by atoms with Gasteiger partial charge in [-0.2, -0.15) is 0 Å². The van der Waals surface area contributed by atoms with Gasteiger partial charge in [0.2, 0.25) is 0 Å². The van der Waals surface area contributed by atoms with Crippen LogP contribution >= 0.6 is 7.26 Å². The molecule has 5 rings (SSSR count). The van der Waals surface area contributed by atoms with Crippen LogP contribution in [-0.4, -0.2) is 0 Å². The first-order valence-electron chi connectivity index (χ1n) is 12.7. The zero-order valence-electron chi connectivity index (χ0n) is 20.3. The lowest BCUT2D eigenvalue weighted by molar-refractivity contribution is -0.00000664. The van der Waals surface area contributed by atoms with Crippen LogP contribution < -0.4 is 28.3 Å². The van der Waals surface area contributed by atoms with Crippen LogP contribution in [-0.2, 0) is 6.16 Å². The van der Waals surface area contributed by atoms with Crippen LogP contribution in [0.5, 0.6) is 0 Å². The molecule has 0 atom stereocenters. The van der Waals surface area contributed by atoms with Crippen molar-refractivity contribution in [2.45, 2.75) is 38.3 Å². The third kappa shape index (κ3) is 5.78. The molecule has 1 fully saturated rings. The van der Waals surface area contributed by atoms with Gasteiger partial charge in [0, 0.05) is 0 Å². The second-order valence-corrected chi connectivity index (χ2v) is 12.9.